The summed E-state index contributed by atoms with van der Waals surface area (Å²) in [5, 5.41) is 0. The van der Waals surface area contributed by atoms with Gasteiger partial charge in [0, 0.05) is 14.1 Å². The molecule has 3 saturated carbocycles. The molecule has 0 N–H and O–H groups in total. The summed E-state index contributed by atoms with van der Waals surface area (Å²) in [6, 6.07) is 18.2. The molecule has 4 aromatic rings. The number of nitrogens with zero attached hydrogens (tertiary/aromatic N) is 4. The van der Waals surface area contributed by atoms with Crippen molar-refractivity contribution >= 4 is 17.0 Å². The lowest BCUT2D eigenvalue weighted by atomic mass is 9.63. The Morgan fingerprint density at radius 1 is 1.12 bits per heavy atom. The van der Waals surface area contributed by atoms with Crippen molar-refractivity contribution < 1.29 is 9.15 Å². The molecule has 0 aliphatic heterocycles. The Hall–Kier alpha value is -3.61. The van der Waals surface area contributed by atoms with Crippen molar-refractivity contribution in [1.82, 2.24) is 14.5 Å². The van der Waals surface area contributed by atoms with Crippen molar-refractivity contribution in [3.8, 4) is 17.3 Å². The largest absolute Gasteiger partial charge is 0.489 e. The number of benzene rings is 2. The molecule has 7 heteroatoms. The summed E-state index contributed by atoms with van der Waals surface area (Å²) in [7, 11) is 5.27. The summed E-state index contributed by atoms with van der Waals surface area (Å²) < 4.78 is 13.1. The van der Waals surface area contributed by atoms with Gasteiger partial charge < -0.3 is 14.1 Å². The summed E-state index contributed by atoms with van der Waals surface area (Å²) in [5.41, 5.74) is 2.87. The van der Waals surface area contributed by atoms with E-state index in [9.17, 15) is 4.79 Å². The molecular formula is C27H28N4O3. The molecular weight excluding hydrogens is 428 g/mol. The number of ether oxygens (including phenoxy) is 1. The molecule has 3 aliphatic rings. The lowest BCUT2D eigenvalue weighted by molar-refractivity contribution is 0.102. The minimum absolute atomic E-state index is 0.121. The molecule has 2 aromatic carbocycles. The van der Waals surface area contributed by atoms with Crippen LogP contribution in [0, 0.1) is 11.3 Å². The van der Waals surface area contributed by atoms with Crippen LogP contribution in [0.2, 0.25) is 0 Å². The second-order valence-electron chi connectivity index (χ2n) is 9.74. The monoisotopic (exact) mass is 456 g/mol. The first-order valence-corrected chi connectivity index (χ1v) is 11.8. The van der Waals surface area contributed by atoms with Crippen LogP contribution in [-0.4, -0.2) is 28.7 Å². The van der Waals surface area contributed by atoms with E-state index < -0.39 is 0 Å². The standard InChI is InChI=1S/C27H28N4O3/c1-30(23(18-9-5-4-6-10-18)27-14-13-17(15-27)16-27)26-29-21(22(33-3)25(32)31(26)2)24-28-19-11-7-8-12-20(19)34-24/h4-12,17,23H,13-16H2,1-3H3. The van der Waals surface area contributed by atoms with Crippen LogP contribution < -0.4 is 15.2 Å². The van der Waals surface area contributed by atoms with Crippen molar-refractivity contribution in [3.05, 3.63) is 70.5 Å². The van der Waals surface area contributed by atoms with Crippen molar-refractivity contribution in [2.24, 2.45) is 18.4 Å². The topological polar surface area (TPSA) is 73.4 Å². The molecule has 7 rings (SSSR count). The Morgan fingerprint density at radius 2 is 1.85 bits per heavy atom. The van der Waals surface area contributed by atoms with Crippen molar-refractivity contribution in [2.75, 3.05) is 19.1 Å². The number of oxazole rings is 1. The van der Waals surface area contributed by atoms with Crippen LogP contribution >= 0.6 is 0 Å². The third kappa shape index (κ3) is 3.06. The number of aromatic nitrogens is 3. The molecule has 0 radical (unpaired) electrons. The average molecular weight is 457 g/mol. The number of hydrogen-bond acceptors (Lipinski definition) is 6. The maximum Gasteiger partial charge on any atom is 0.297 e. The molecule has 2 heterocycles. The van der Waals surface area contributed by atoms with Gasteiger partial charge >= 0.3 is 0 Å². The Morgan fingerprint density at radius 3 is 2.53 bits per heavy atom. The lowest BCUT2D eigenvalue weighted by Gasteiger charge is -2.49. The van der Waals surface area contributed by atoms with E-state index in [4.69, 9.17) is 14.1 Å². The maximum atomic E-state index is 13.4. The maximum absolute atomic E-state index is 13.4. The smallest absolute Gasteiger partial charge is 0.297 e. The molecule has 1 atom stereocenters. The highest BCUT2D eigenvalue weighted by atomic mass is 16.5. The first-order valence-electron chi connectivity index (χ1n) is 11.8. The Kier molecular flexibility index (Phi) is 4.76. The minimum atomic E-state index is -0.265. The van der Waals surface area contributed by atoms with Gasteiger partial charge in [0.05, 0.1) is 13.2 Å². The van der Waals surface area contributed by atoms with E-state index in [0.717, 1.165) is 5.92 Å². The van der Waals surface area contributed by atoms with E-state index in [1.807, 2.05) is 37.4 Å². The molecule has 1 unspecified atom stereocenters. The fraction of sp³-hybridized carbons (Fsp3) is 0.370. The fourth-order valence-electron chi connectivity index (χ4n) is 6.28. The summed E-state index contributed by atoms with van der Waals surface area (Å²) in [4.78, 5) is 25.1. The molecule has 7 nitrogen and oxygen atoms in total. The number of fused-ring (bicyclic) bond motifs is 2. The Bertz CT molecular complexity index is 1380. The van der Waals surface area contributed by atoms with Gasteiger partial charge in [0.1, 0.15) is 5.52 Å². The van der Waals surface area contributed by atoms with Gasteiger partial charge in [0.2, 0.25) is 11.7 Å². The summed E-state index contributed by atoms with van der Waals surface area (Å²) in [5.74, 6) is 1.80. The van der Waals surface area contributed by atoms with E-state index in [0.29, 0.717) is 22.7 Å². The zero-order valence-electron chi connectivity index (χ0n) is 19.7. The quantitative estimate of drug-likeness (QED) is 0.408. The van der Waals surface area contributed by atoms with Crippen molar-refractivity contribution in [1.29, 1.82) is 0 Å². The third-order valence-electron chi connectivity index (χ3n) is 7.77. The van der Waals surface area contributed by atoms with Crippen LogP contribution in [0.5, 0.6) is 5.75 Å². The zero-order chi connectivity index (χ0) is 23.4. The number of methoxy groups -OCH3 is 1. The molecule has 3 aliphatic carbocycles. The number of para-hydroxylation sites is 2. The number of hydrogen-bond donors (Lipinski definition) is 0. The first kappa shape index (κ1) is 21.0. The molecule has 0 saturated heterocycles. The predicted octanol–water partition coefficient (Wildman–Crippen LogP) is 4.96. The van der Waals surface area contributed by atoms with Crippen LogP contribution in [0.1, 0.15) is 37.3 Å². The second kappa shape index (κ2) is 7.72. The van der Waals surface area contributed by atoms with Gasteiger partial charge in [-0.1, -0.05) is 42.5 Å². The van der Waals surface area contributed by atoms with Gasteiger partial charge in [-0.2, -0.15) is 0 Å². The predicted molar refractivity (Wildman–Crippen MR) is 131 cm³/mol. The highest BCUT2D eigenvalue weighted by Crippen LogP contribution is 2.65. The molecule has 0 spiro atoms. The molecule has 174 valence electrons. The van der Waals surface area contributed by atoms with E-state index in [1.165, 1.54) is 38.4 Å². The average Bonchev–Trinajstić information content (AvgIpc) is 3.56. The zero-order valence-corrected chi connectivity index (χ0v) is 19.7. The van der Waals surface area contributed by atoms with Gasteiger partial charge in [-0.15, -0.1) is 0 Å². The summed E-state index contributed by atoms with van der Waals surface area (Å²) in [6.45, 7) is 0. The molecule has 2 bridgehead atoms. The van der Waals surface area contributed by atoms with Gasteiger partial charge in [-0.25, -0.2) is 9.97 Å². The Labute approximate surface area is 198 Å². The summed E-state index contributed by atoms with van der Waals surface area (Å²) in [6.07, 6.45) is 4.92. The number of anilines is 1. The lowest BCUT2D eigenvalue weighted by Crippen LogP contribution is -2.44. The van der Waals surface area contributed by atoms with Crippen LogP contribution in [0.4, 0.5) is 5.95 Å². The summed E-state index contributed by atoms with van der Waals surface area (Å²) >= 11 is 0. The van der Waals surface area contributed by atoms with Gasteiger partial charge in [-0.05, 0) is 54.7 Å². The van der Waals surface area contributed by atoms with Gasteiger partial charge in [-0.3, -0.25) is 9.36 Å². The SMILES string of the molecule is COc1c(-c2nc3ccccc3o2)nc(N(C)C(c2ccccc2)C23CCC(C2)C3)n(C)c1=O. The van der Waals surface area contributed by atoms with Crippen molar-refractivity contribution in [2.45, 2.75) is 31.7 Å². The highest BCUT2D eigenvalue weighted by Gasteiger charge is 2.56. The van der Waals surface area contributed by atoms with E-state index in [-0.39, 0.29) is 28.7 Å². The number of rotatable bonds is 6. The molecule has 34 heavy (non-hydrogen) atoms. The van der Waals surface area contributed by atoms with E-state index in [2.05, 4.69) is 34.1 Å². The van der Waals surface area contributed by atoms with Crippen LogP contribution in [0.3, 0.4) is 0 Å². The Balaban J connectivity index is 1.51. The van der Waals surface area contributed by atoms with Crippen LogP contribution in [0.25, 0.3) is 22.7 Å². The molecule has 3 fully saturated rings. The van der Waals surface area contributed by atoms with Crippen LogP contribution in [0.15, 0.2) is 63.8 Å². The van der Waals surface area contributed by atoms with Gasteiger partial charge in [0.25, 0.3) is 11.4 Å². The minimum Gasteiger partial charge on any atom is -0.489 e. The molecule has 0 amide bonds. The van der Waals surface area contributed by atoms with E-state index in [1.54, 1.807) is 11.6 Å². The first-order chi connectivity index (χ1) is 16.5. The highest BCUT2D eigenvalue weighted by molar-refractivity contribution is 5.76. The second-order valence-corrected chi connectivity index (χ2v) is 9.74. The normalized spacial score (nSPS) is 21.9. The fourth-order valence-corrected chi connectivity index (χ4v) is 6.28. The van der Waals surface area contributed by atoms with Gasteiger partial charge in [0.15, 0.2) is 11.3 Å². The van der Waals surface area contributed by atoms with Crippen LogP contribution in [-0.2, 0) is 7.05 Å². The third-order valence-corrected chi connectivity index (χ3v) is 7.77. The van der Waals surface area contributed by atoms with Crippen molar-refractivity contribution in [3.63, 3.8) is 0 Å². The molecule has 2 aromatic heterocycles. The van der Waals surface area contributed by atoms with E-state index >= 15 is 0 Å².